The number of aromatic nitrogens is 1. The first kappa shape index (κ1) is 23.4. The predicted molar refractivity (Wildman–Crippen MR) is 127 cm³/mol. The van der Waals surface area contributed by atoms with E-state index in [1.54, 1.807) is 0 Å². The minimum absolute atomic E-state index is 0.672. The summed E-state index contributed by atoms with van der Waals surface area (Å²) in [4.78, 5) is 6.80. The van der Waals surface area contributed by atoms with E-state index < -0.39 is 0 Å². The van der Waals surface area contributed by atoms with E-state index in [1.807, 2.05) is 30.5 Å². The van der Waals surface area contributed by atoms with Gasteiger partial charge in [0.1, 0.15) is 5.84 Å². The van der Waals surface area contributed by atoms with Crippen molar-refractivity contribution in [3.63, 3.8) is 0 Å². The number of benzene rings is 1. The van der Waals surface area contributed by atoms with Crippen molar-refractivity contribution in [3.05, 3.63) is 42.1 Å². The van der Waals surface area contributed by atoms with E-state index in [4.69, 9.17) is 5.41 Å². The minimum Gasteiger partial charge on any atom is -0.357 e. The van der Waals surface area contributed by atoms with Crippen LogP contribution in [0.3, 0.4) is 0 Å². The van der Waals surface area contributed by atoms with E-state index in [-0.39, 0.29) is 0 Å². The van der Waals surface area contributed by atoms with Crippen LogP contribution in [-0.2, 0) is 0 Å². The van der Waals surface area contributed by atoms with Crippen LogP contribution in [0.15, 0.2) is 36.5 Å². The summed E-state index contributed by atoms with van der Waals surface area (Å²) >= 11 is 0. The van der Waals surface area contributed by atoms with Crippen molar-refractivity contribution in [2.45, 2.75) is 90.9 Å². The van der Waals surface area contributed by atoms with Crippen molar-refractivity contribution >= 4 is 16.7 Å². The van der Waals surface area contributed by atoms with E-state index in [1.165, 1.54) is 77.0 Å². The summed E-state index contributed by atoms with van der Waals surface area (Å²) in [5.74, 6) is 0.672. The van der Waals surface area contributed by atoms with Gasteiger partial charge in [-0.15, -0.1) is 0 Å². The van der Waals surface area contributed by atoms with E-state index >= 15 is 0 Å². The third-order valence-corrected chi connectivity index (χ3v) is 5.78. The second kappa shape index (κ2) is 14.1. The predicted octanol–water partition coefficient (Wildman–Crippen LogP) is 7.58. The number of para-hydroxylation sites is 1. The lowest BCUT2D eigenvalue weighted by Gasteiger charge is -2.26. The molecular weight excluding hydrogens is 354 g/mol. The molecule has 0 amide bonds. The molecule has 0 aliphatic rings. The van der Waals surface area contributed by atoms with Gasteiger partial charge in [0, 0.05) is 30.2 Å². The SMILES string of the molecule is CCCCCCCCN(CCCCCCCC)C(=N)c1ccnc2ccccc12. The number of amidine groups is 1. The Hall–Kier alpha value is -1.90. The van der Waals surface area contributed by atoms with Crippen molar-refractivity contribution in [1.29, 1.82) is 5.41 Å². The van der Waals surface area contributed by atoms with Gasteiger partial charge < -0.3 is 4.90 Å². The highest BCUT2D eigenvalue weighted by atomic mass is 15.2. The Balaban J connectivity index is 1.97. The molecule has 1 aromatic heterocycles. The van der Waals surface area contributed by atoms with Gasteiger partial charge in [0.2, 0.25) is 0 Å². The molecule has 1 aromatic carbocycles. The highest BCUT2D eigenvalue weighted by Gasteiger charge is 2.14. The molecule has 29 heavy (non-hydrogen) atoms. The Morgan fingerprint density at radius 1 is 0.759 bits per heavy atom. The first-order chi connectivity index (χ1) is 14.3. The molecule has 160 valence electrons. The molecule has 0 unspecified atom stereocenters. The third kappa shape index (κ3) is 8.16. The van der Waals surface area contributed by atoms with E-state index in [0.717, 1.165) is 29.6 Å². The second-order valence-corrected chi connectivity index (χ2v) is 8.25. The number of rotatable bonds is 15. The van der Waals surface area contributed by atoms with Crippen LogP contribution in [0.4, 0.5) is 0 Å². The summed E-state index contributed by atoms with van der Waals surface area (Å²) in [6.07, 6.45) is 17.4. The van der Waals surface area contributed by atoms with Gasteiger partial charge in [0.15, 0.2) is 0 Å². The fraction of sp³-hybridized carbons (Fsp3) is 0.615. The normalized spacial score (nSPS) is 11.1. The first-order valence-corrected chi connectivity index (χ1v) is 12.0. The number of pyridine rings is 1. The largest absolute Gasteiger partial charge is 0.357 e. The number of unbranched alkanes of at least 4 members (excludes halogenated alkanes) is 10. The number of hydrogen-bond donors (Lipinski definition) is 1. The van der Waals surface area contributed by atoms with Crippen LogP contribution in [0.2, 0.25) is 0 Å². The van der Waals surface area contributed by atoms with Crippen LogP contribution in [0.1, 0.15) is 96.5 Å². The Morgan fingerprint density at radius 3 is 1.93 bits per heavy atom. The lowest BCUT2D eigenvalue weighted by molar-refractivity contribution is 0.383. The van der Waals surface area contributed by atoms with Gasteiger partial charge >= 0.3 is 0 Å². The maximum Gasteiger partial charge on any atom is 0.128 e. The number of fused-ring (bicyclic) bond motifs is 1. The van der Waals surface area contributed by atoms with E-state index in [0.29, 0.717) is 5.84 Å². The number of hydrogen-bond acceptors (Lipinski definition) is 2. The minimum atomic E-state index is 0.672. The Morgan fingerprint density at radius 2 is 1.31 bits per heavy atom. The summed E-state index contributed by atoms with van der Waals surface area (Å²) in [5.41, 5.74) is 2.00. The molecule has 3 nitrogen and oxygen atoms in total. The molecular formula is C26H41N3. The maximum atomic E-state index is 8.96. The van der Waals surface area contributed by atoms with Crippen molar-refractivity contribution in [1.82, 2.24) is 9.88 Å². The molecule has 0 saturated carbocycles. The average molecular weight is 396 g/mol. The fourth-order valence-corrected chi connectivity index (χ4v) is 3.97. The maximum absolute atomic E-state index is 8.96. The van der Waals surface area contributed by atoms with Gasteiger partial charge in [-0.2, -0.15) is 0 Å². The highest BCUT2D eigenvalue weighted by molar-refractivity contribution is 6.07. The van der Waals surface area contributed by atoms with E-state index in [2.05, 4.69) is 29.8 Å². The van der Waals surface area contributed by atoms with Crippen molar-refractivity contribution in [2.24, 2.45) is 0 Å². The third-order valence-electron chi connectivity index (χ3n) is 5.78. The molecule has 0 fully saturated rings. The quantitative estimate of drug-likeness (QED) is 0.192. The van der Waals surface area contributed by atoms with Crippen molar-refractivity contribution in [3.8, 4) is 0 Å². The van der Waals surface area contributed by atoms with Gasteiger partial charge in [-0.3, -0.25) is 10.4 Å². The van der Waals surface area contributed by atoms with Gasteiger partial charge in [0.25, 0.3) is 0 Å². The number of nitrogens with zero attached hydrogens (tertiary/aromatic N) is 2. The molecule has 3 heteroatoms. The van der Waals surface area contributed by atoms with Crippen LogP contribution >= 0.6 is 0 Å². The summed E-state index contributed by atoms with van der Waals surface area (Å²) < 4.78 is 0. The van der Waals surface area contributed by atoms with Crippen LogP contribution < -0.4 is 0 Å². The van der Waals surface area contributed by atoms with Crippen LogP contribution in [0.25, 0.3) is 10.9 Å². The summed E-state index contributed by atoms with van der Waals surface area (Å²) in [6, 6.07) is 10.2. The molecule has 0 aliphatic heterocycles. The lowest BCUT2D eigenvalue weighted by Crippen LogP contribution is -2.33. The number of nitrogens with one attached hydrogen (secondary N) is 1. The fourth-order valence-electron chi connectivity index (χ4n) is 3.97. The van der Waals surface area contributed by atoms with Crippen LogP contribution in [0, 0.1) is 5.41 Å². The monoisotopic (exact) mass is 395 g/mol. The van der Waals surface area contributed by atoms with Crippen molar-refractivity contribution < 1.29 is 0 Å². The van der Waals surface area contributed by atoms with Gasteiger partial charge in [-0.25, -0.2) is 0 Å². The molecule has 0 bridgehead atoms. The van der Waals surface area contributed by atoms with Gasteiger partial charge in [0.05, 0.1) is 5.52 Å². The molecule has 2 rings (SSSR count). The Kier molecular flexibility index (Phi) is 11.4. The highest BCUT2D eigenvalue weighted by Crippen LogP contribution is 2.19. The van der Waals surface area contributed by atoms with Gasteiger partial charge in [-0.05, 0) is 25.0 Å². The molecule has 0 aliphatic carbocycles. The zero-order valence-electron chi connectivity index (χ0n) is 18.8. The molecule has 0 saturated heterocycles. The van der Waals surface area contributed by atoms with E-state index in [9.17, 15) is 0 Å². The Bertz CT molecular complexity index is 689. The zero-order valence-corrected chi connectivity index (χ0v) is 18.8. The molecule has 1 N–H and O–H groups in total. The molecule has 0 spiro atoms. The standard InChI is InChI=1S/C26H41N3/c1-3-5-7-9-11-15-21-29(22-16-12-10-8-6-4-2)26(27)24-19-20-28-25-18-14-13-17-23(24)25/h13-14,17-20,27H,3-12,15-16,21-22H2,1-2H3. The average Bonchev–Trinajstić information content (AvgIpc) is 2.76. The zero-order chi connectivity index (χ0) is 20.7. The molecule has 0 radical (unpaired) electrons. The molecule has 1 heterocycles. The summed E-state index contributed by atoms with van der Waals surface area (Å²) in [6.45, 7) is 6.53. The first-order valence-electron chi connectivity index (χ1n) is 12.0. The summed E-state index contributed by atoms with van der Waals surface area (Å²) in [5, 5.41) is 10.1. The van der Waals surface area contributed by atoms with Crippen LogP contribution in [-0.4, -0.2) is 28.8 Å². The Labute approximate surface area is 178 Å². The molecule has 0 atom stereocenters. The van der Waals surface area contributed by atoms with Gasteiger partial charge in [-0.1, -0.05) is 96.3 Å². The topological polar surface area (TPSA) is 40.0 Å². The smallest absolute Gasteiger partial charge is 0.128 e. The van der Waals surface area contributed by atoms with Crippen molar-refractivity contribution in [2.75, 3.05) is 13.1 Å². The lowest BCUT2D eigenvalue weighted by atomic mass is 10.1. The van der Waals surface area contributed by atoms with Crippen LogP contribution in [0.5, 0.6) is 0 Å². The summed E-state index contributed by atoms with van der Waals surface area (Å²) in [7, 11) is 0. The molecule has 2 aromatic rings. The second-order valence-electron chi connectivity index (χ2n) is 8.25.